The van der Waals surface area contributed by atoms with Crippen LogP contribution < -0.4 is 0 Å². The number of aryl methyl sites for hydroxylation is 1. The number of furan rings is 1. The van der Waals surface area contributed by atoms with Crippen LogP contribution in [0.1, 0.15) is 5.56 Å². The molecule has 0 aliphatic rings. The molecule has 0 spiro atoms. The summed E-state index contributed by atoms with van der Waals surface area (Å²) in [6.07, 6.45) is 1.67. The first-order chi connectivity index (χ1) is 6.29. The molecule has 0 bridgehead atoms. The van der Waals surface area contributed by atoms with Crippen LogP contribution in [0.25, 0.3) is 11.3 Å². The number of hydrogen-bond acceptors (Lipinski definition) is 1. The minimum atomic E-state index is 0.700. The van der Waals surface area contributed by atoms with Gasteiger partial charge in [0.25, 0.3) is 0 Å². The van der Waals surface area contributed by atoms with Crippen molar-refractivity contribution in [1.29, 1.82) is 0 Å². The van der Waals surface area contributed by atoms with Gasteiger partial charge in [0.05, 0.1) is 11.3 Å². The van der Waals surface area contributed by atoms with Crippen molar-refractivity contribution in [3.05, 3.63) is 47.2 Å². The number of halogens is 1. The Hall–Kier alpha value is -1.21. The molecule has 2 aromatic rings. The maximum Gasteiger partial charge on any atom is 0.152 e. The molecular weight excluding hydrogens is 184 g/mol. The van der Waals surface area contributed by atoms with Gasteiger partial charge in [-0.25, -0.2) is 0 Å². The van der Waals surface area contributed by atoms with E-state index in [1.165, 1.54) is 0 Å². The van der Waals surface area contributed by atoms with E-state index in [2.05, 4.69) is 0 Å². The second-order valence-corrected chi connectivity index (χ2v) is 3.31. The zero-order valence-corrected chi connectivity index (χ0v) is 8.01. The van der Waals surface area contributed by atoms with E-state index in [1.807, 2.05) is 37.3 Å². The molecule has 0 saturated carbocycles. The van der Waals surface area contributed by atoms with Crippen LogP contribution >= 0.6 is 11.6 Å². The molecule has 2 rings (SSSR count). The fraction of sp³-hybridized carbons (Fsp3) is 0.0909. The lowest BCUT2D eigenvalue weighted by atomic mass is 10.1. The Morgan fingerprint density at radius 3 is 2.38 bits per heavy atom. The Morgan fingerprint density at radius 1 is 1.15 bits per heavy atom. The third-order valence-corrected chi connectivity index (χ3v) is 2.40. The van der Waals surface area contributed by atoms with Gasteiger partial charge in [-0.3, -0.25) is 0 Å². The van der Waals surface area contributed by atoms with Crippen molar-refractivity contribution in [2.45, 2.75) is 6.92 Å². The van der Waals surface area contributed by atoms with Crippen LogP contribution in [-0.4, -0.2) is 0 Å². The molecule has 1 aromatic heterocycles. The maximum atomic E-state index is 6.05. The van der Waals surface area contributed by atoms with Crippen LogP contribution in [0.4, 0.5) is 0 Å². The molecule has 1 nitrogen and oxygen atoms in total. The number of benzene rings is 1. The minimum absolute atomic E-state index is 0.700. The SMILES string of the molecule is Cc1coc(-c2ccccc2)c1Cl. The van der Waals surface area contributed by atoms with Gasteiger partial charge in [0.2, 0.25) is 0 Å². The molecule has 0 saturated heterocycles. The first-order valence-corrected chi connectivity index (χ1v) is 4.46. The summed E-state index contributed by atoms with van der Waals surface area (Å²) < 4.78 is 5.35. The highest BCUT2D eigenvalue weighted by atomic mass is 35.5. The van der Waals surface area contributed by atoms with Gasteiger partial charge in [-0.05, 0) is 6.92 Å². The second-order valence-electron chi connectivity index (χ2n) is 2.93. The molecule has 1 heterocycles. The Kier molecular flexibility index (Phi) is 2.11. The predicted octanol–water partition coefficient (Wildman–Crippen LogP) is 3.91. The molecule has 0 amide bonds. The molecule has 0 unspecified atom stereocenters. The van der Waals surface area contributed by atoms with E-state index in [-0.39, 0.29) is 0 Å². The Bertz CT molecular complexity index is 403. The molecular formula is C11H9ClO. The summed E-state index contributed by atoms with van der Waals surface area (Å²) in [7, 11) is 0. The van der Waals surface area contributed by atoms with Crippen molar-refractivity contribution in [2.75, 3.05) is 0 Å². The van der Waals surface area contributed by atoms with Crippen LogP contribution in [0.3, 0.4) is 0 Å². The Balaban J connectivity index is 2.53. The third-order valence-electron chi connectivity index (χ3n) is 1.94. The van der Waals surface area contributed by atoms with E-state index < -0.39 is 0 Å². The molecule has 13 heavy (non-hydrogen) atoms. The quantitative estimate of drug-likeness (QED) is 0.668. The van der Waals surface area contributed by atoms with Crippen molar-refractivity contribution < 1.29 is 4.42 Å². The lowest BCUT2D eigenvalue weighted by molar-refractivity contribution is 0.580. The van der Waals surface area contributed by atoms with E-state index in [9.17, 15) is 0 Å². The highest BCUT2D eigenvalue weighted by Gasteiger charge is 2.09. The van der Waals surface area contributed by atoms with Gasteiger partial charge < -0.3 is 4.42 Å². The van der Waals surface area contributed by atoms with Crippen LogP contribution in [0.15, 0.2) is 41.0 Å². The van der Waals surface area contributed by atoms with Crippen LogP contribution in [-0.2, 0) is 0 Å². The summed E-state index contributed by atoms with van der Waals surface area (Å²) in [5.74, 6) is 0.750. The lowest BCUT2D eigenvalue weighted by Gasteiger charge is -1.95. The van der Waals surface area contributed by atoms with Crippen LogP contribution in [0.5, 0.6) is 0 Å². The highest BCUT2D eigenvalue weighted by molar-refractivity contribution is 6.33. The molecule has 0 aliphatic heterocycles. The third kappa shape index (κ3) is 1.47. The van der Waals surface area contributed by atoms with E-state index >= 15 is 0 Å². The molecule has 0 radical (unpaired) electrons. The standard InChI is InChI=1S/C11H9ClO/c1-8-7-13-11(10(8)12)9-5-3-2-4-6-9/h2-7H,1H3. The largest absolute Gasteiger partial charge is 0.462 e. The van der Waals surface area contributed by atoms with Gasteiger partial charge in [-0.15, -0.1) is 0 Å². The number of rotatable bonds is 1. The van der Waals surface area contributed by atoms with Crippen LogP contribution in [0, 0.1) is 6.92 Å². The molecule has 1 aromatic carbocycles. The van der Waals surface area contributed by atoms with Crippen LogP contribution in [0.2, 0.25) is 5.02 Å². The fourth-order valence-electron chi connectivity index (χ4n) is 1.21. The molecule has 2 heteroatoms. The van der Waals surface area contributed by atoms with Crippen molar-refractivity contribution in [3.8, 4) is 11.3 Å². The minimum Gasteiger partial charge on any atom is -0.462 e. The smallest absolute Gasteiger partial charge is 0.152 e. The van der Waals surface area contributed by atoms with Gasteiger partial charge in [-0.1, -0.05) is 41.9 Å². The zero-order valence-electron chi connectivity index (χ0n) is 7.25. The summed E-state index contributed by atoms with van der Waals surface area (Å²) in [5.41, 5.74) is 1.99. The normalized spacial score (nSPS) is 10.3. The van der Waals surface area contributed by atoms with E-state index in [1.54, 1.807) is 6.26 Å². The average molecular weight is 193 g/mol. The van der Waals surface area contributed by atoms with E-state index in [0.29, 0.717) is 5.02 Å². The summed E-state index contributed by atoms with van der Waals surface area (Å²) in [6.45, 7) is 1.93. The van der Waals surface area contributed by atoms with Gasteiger partial charge in [0.15, 0.2) is 5.76 Å². The Morgan fingerprint density at radius 2 is 1.85 bits per heavy atom. The maximum absolute atomic E-state index is 6.05. The van der Waals surface area contributed by atoms with Crippen molar-refractivity contribution >= 4 is 11.6 Å². The summed E-state index contributed by atoms with van der Waals surface area (Å²) >= 11 is 6.05. The topological polar surface area (TPSA) is 13.1 Å². The first kappa shape index (κ1) is 8.39. The second kappa shape index (κ2) is 3.27. The van der Waals surface area contributed by atoms with Crippen molar-refractivity contribution in [1.82, 2.24) is 0 Å². The fourth-order valence-corrected chi connectivity index (χ4v) is 1.41. The van der Waals surface area contributed by atoms with E-state index in [0.717, 1.165) is 16.9 Å². The highest BCUT2D eigenvalue weighted by Crippen LogP contribution is 2.31. The van der Waals surface area contributed by atoms with Gasteiger partial charge in [-0.2, -0.15) is 0 Å². The summed E-state index contributed by atoms with van der Waals surface area (Å²) in [4.78, 5) is 0. The molecule has 0 atom stereocenters. The molecule has 0 aliphatic carbocycles. The lowest BCUT2D eigenvalue weighted by Crippen LogP contribution is -1.73. The molecule has 0 fully saturated rings. The summed E-state index contributed by atoms with van der Waals surface area (Å²) in [5, 5.41) is 0.700. The van der Waals surface area contributed by atoms with Crippen molar-refractivity contribution in [3.63, 3.8) is 0 Å². The predicted molar refractivity (Wildman–Crippen MR) is 53.9 cm³/mol. The van der Waals surface area contributed by atoms with E-state index in [4.69, 9.17) is 16.0 Å². The van der Waals surface area contributed by atoms with Gasteiger partial charge in [0, 0.05) is 11.1 Å². The zero-order chi connectivity index (χ0) is 9.26. The van der Waals surface area contributed by atoms with Gasteiger partial charge in [0.1, 0.15) is 0 Å². The Labute approximate surface area is 82.0 Å². The van der Waals surface area contributed by atoms with Gasteiger partial charge >= 0.3 is 0 Å². The summed E-state index contributed by atoms with van der Waals surface area (Å²) in [6, 6.07) is 9.84. The number of hydrogen-bond donors (Lipinski definition) is 0. The molecule has 0 N–H and O–H groups in total. The first-order valence-electron chi connectivity index (χ1n) is 4.08. The average Bonchev–Trinajstić information content (AvgIpc) is 2.49. The molecule has 66 valence electrons. The monoisotopic (exact) mass is 192 g/mol. The van der Waals surface area contributed by atoms with Crippen molar-refractivity contribution in [2.24, 2.45) is 0 Å².